The van der Waals surface area contributed by atoms with Gasteiger partial charge in [0.1, 0.15) is 0 Å². The lowest BCUT2D eigenvalue weighted by Crippen LogP contribution is -2.42. The van der Waals surface area contributed by atoms with Crippen molar-refractivity contribution in [2.75, 3.05) is 0 Å². The SMILES string of the molecule is CCCCCCCCCCCCCCCC(O)C(CC)NC(=O)CCCCCCCCCCCCC. The summed E-state index contributed by atoms with van der Waals surface area (Å²) in [5.41, 5.74) is 0. The molecule has 0 spiro atoms. The lowest BCUT2D eigenvalue weighted by atomic mass is 10.00. The van der Waals surface area contributed by atoms with Crippen LogP contribution in [0.1, 0.15) is 194 Å². The number of aliphatic hydroxyl groups excluding tert-OH is 1. The first-order chi connectivity index (χ1) is 17.7. The summed E-state index contributed by atoms with van der Waals surface area (Å²) in [5.74, 6) is 0.127. The van der Waals surface area contributed by atoms with Gasteiger partial charge in [-0.05, 0) is 19.3 Å². The predicted octanol–water partition coefficient (Wildman–Crippen LogP) is 10.4. The summed E-state index contributed by atoms with van der Waals surface area (Å²) in [6.07, 6.45) is 33.6. The van der Waals surface area contributed by atoms with Gasteiger partial charge in [-0.2, -0.15) is 0 Å². The summed E-state index contributed by atoms with van der Waals surface area (Å²) >= 11 is 0. The third-order valence-electron chi connectivity index (χ3n) is 7.86. The standard InChI is InChI=1S/C33H67NO2/c1-4-7-9-11-13-15-17-18-20-21-23-25-27-29-32(35)31(6-3)34-33(36)30-28-26-24-22-19-16-14-12-10-8-5-2/h31-32,35H,4-30H2,1-3H3,(H,34,36). The van der Waals surface area contributed by atoms with Crippen molar-refractivity contribution in [1.29, 1.82) is 0 Å². The molecule has 2 atom stereocenters. The van der Waals surface area contributed by atoms with Crippen molar-refractivity contribution >= 4 is 5.91 Å². The van der Waals surface area contributed by atoms with Crippen molar-refractivity contribution in [1.82, 2.24) is 5.32 Å². The third kappa shape index (κ3) is 25.1. The van der Waals surface area contributed by atoms with Crippen LogP contribution >= 0.6 is 0 Å². The van der Waals surface area contributed by atoms with E-state index in [4.69, 9.17) is 0 Å². The Morgan fingerprint density at radius 1 is 0.528 bits per heavy atom. The number of rotatable bonds is 29. The zero-order chi connectivity index (χ0) is 26.5. The van der Waals surface area contributed by atoms with E-state index in [1.165, 1.54) is 135 Å². The highest BCUT2D eigenvalue weighted by Gasteiger charge is 2.18. The lowest BCUT2D eigenvalue weighted by Gasteiger charge is -2.23. The van der Waals surface area contributed by atoms with Gasteiger partial charge < -0.3 is 10.4 Å². The lowest BCUT2D eigenvalue weighted by molar-refractivity contribution is -0.122. The van der Waals surface area contributed by atoms with Crippen LogP contribution in [-0.2, 0) is 4.79 Å². The molecule has 0 aromatic carbocycles. The molecule has 0 saturated carbocycles. The number of nitrogens with one attached hydrogen (secondary N) is 1. The number of unbranched alkanes of at least 4 members (excludes halogenated alkanes) is 22. The van der Waals surface area contributed by atoms with Crippen molar-refractivity contribution in [3.63, 3.8) is 0 Å². The summed E-state index contributed by atoms with van der Waals surface area (Å²) in [4.78, 5) is 12.3. The van der Waals surface area contributed by atoms with Crippen LogP contribution in [0.2, 0.25) is 0 Å². The smallest absolute Gasteiger partial charge is 0.220 e. The van der Waals surface area contributed by atoms with Gasteiger partial charge in [0.25, 0.3) is 0 Å². The molecule has 0 saturated heterocycles. The fourth-order valence-electron chi connectivity index (χ4n) is 5.27. The first-order valence-electron chi connectivity index (χ1n) is 16.6. The van der Waals surface area contributed by atoms with Gasteiger partial charge in [0.15, 0.2) is 0 Å². The van der Waals surface area contributed by atoms with Crippen LogP contribution in [0.4, 0.5) is 0 Å². The monoisotopic (exact) mass is 510 g/mol. The maximum Gasteiger partial charge on any atom is 0.220 e. The zero-order valence-corrected chi connectivity index (χ0v) is 25.1. The average Bonchev–Trinajstić information content (AvgIpc) is 2.88. The first kappa shape index (κ1) is 35.4. The van der Waals surface area contributed by atoms with Gasteiger partial charge >= 0.3 is 0 Å². The van der Waals surface area contributed by atoms with Crippen LogP contribution in [0, 0.1) is 0 Å². The first-order valence-corrected chi connectivity index (χ1v) is 16.6. The van der Waals surface area contributed by atoms with E-state index >= 15 is 0 Å². The van der Waals surface area contributed by atoms with Gasteiger partial charge in [-0.1, -0.05) is 168 Å². The summed E-state index contributed by atoms with van der Waals surface area (Å²) in [7, 11) is 0. The van der Waals surface area contributed by atoms with E-state index in [0.717, 1.165) is 32.1 Å². The van der Waals surface area contributed by atoms with Crippen molar-refractivity contribution < 1.29 is 9.90 Å². The Labute approximate surface area is 227 Å². The van der Waals surface area contributed by atoms with Crippen LogP contribution in [0.5, 0.6) is 0 Å². The molecule has 0 aromatic rings. The fourth-order valence-corrected chi connectivity index (χ4v) is 5.27. The maximum atomic E-state index is 12.3. The molecule has 0 aromatic heterocycles. The van der Waals surface area contributed by atoms with Gasteiger partial charge in [-0.3, -0.25) is 4.79 Å². The quantitative estimate of drug-likeness (QED) is 0.0985. The van der Waals surface area contributed by atoms with Crippen molar-refractivity contribution in [3.05, 3.63) is 0 Å². The normalized spacial score (nSPS) is 13.1. The summed E-state index contributed by atoms with van der Waals surface area (Å²) in [6.45, 7) is 6.62. The molecule has 0 aliphatic carbocycles. The molecular formula is C33H67NO2. The average molecular weight is 510 g/mol. The molecule has 2 unspecified atom stereocenters. The van der Waals surface area contributed by atoms with Gasteiger partial charge in [-0.25, -0.2) is 0 Å². The number of carbonyl (C=O) groups is 1. The third-order valence-corrected chi connectivity index (χ3v) is 7.86. The van der Waals surface area contributed by atoms with E-state index in [0.29, 0.717) is 6.42 Å². The summed E-state index contributed by atoms with van der Waals surface area (Å²) in [6, 6.07) is -0.0810. The van der Waals surface area contributed by atoms with Crippen LogP contribution < -0.4 is 5.32 Å². The Hall–Kier alpha value is -0.570. The van der Waals surface area contributed by atoms with Crippen molar-refractivity contribution in [3.8, 4) is 0 Å². The van der Waals surface area contributed by atoms with Gasteiger partial charge in [0.05, 0.1) is 12.1 Å². The fraction of sp³-hybridized carbons (Fsp3) is 0.970. The van der Waals surface area contributed by atoms with E-state index in [9.17, 15) is 9.90 Å². The number of carbonyl (C=O) groups excluding carboxylic acids is 1. The molecular weight excluding hydrogens is 442 g/mol. The highest BCUT2D eigenvalue weighted by molar-refractivity contribution is 5.76. The Balaban J connectivity index is 3.57. The minimum Gasteiger partial charge on any atom is -0.391 e. The highest BCUT2D eigenvalue weighted by atomic mass is 16.3. The molecule has 0 rings (SSSR count). The van der Waals surface area contributed by atoms with Crippen LogP contribution in [0.25, 0.3) is 0 Å². The Kier molecular flexibility index (Phi) is 28.5. The molecule has 0 aliphatic heterocycles. The largest absolute Gasteiger partial charge is 0.391 e. The van der Waals surface area contributed by atoms with E-state index in [2.05, 4.69) is 26.1 Å². The Morgan fingerprint density at radius 3 is 1.22 bits per heavy atom. The maximum absolute atomic E-state index is 12.3. The molecule has 0 fully saturated rings. The molecule has 216 valence electrons. The number of hydrogen-bond acceptors (Lipinski definition) is 2. The van der Waals surface area contributed by atoms with Crippen molar-refractivity contribution in [2.45, 2.75) is 206 Å². The summed E-state index contributed by atoms with van der Waals surface area (Å²) in [5, 5.41) is 13.7. The van der Waals surface area contributed by atoms with Gasteiger partial charge in [0.2, 0.25) is 5.91 Å². The van der Waals surface area contributed by atoms with E-state index in [1.54, 1.807) is 0 Å². The van der Waals surface area contributed by atoms with Gasteiger partial charge in [0, 0.05) is 6.42 Å². The van der Waals surface area contributed by atoms with Crippen molar-refractivity contribution in [2.24, 2.45) is 0 Å². The minimum atomic E-state index is -0.399. The molecule has 0 bridgehead atoms. The second-order valence-corrected chi connectivity index (χ2v) is 11.5. The Morgan fingerprint density at radius 2 is 0.861 bits per heavy atom. The Bertz CT molecular complexity index is 439. The van der Waals surface area contributed by atoms with E-state index in [1.807, 2.05) is 0 Å². The van der Waals surface area contributed by atoms with Crippen LogP contribution in [0.3, 0.4) is 0 Å². The number of aliphatic hydroxyl groups is 1. The highest BCUT2D eigenvalue weighted by Crippen LogP contribution is 2.15. The predicted molar refractivity (Wildman–Crippen MR) is 160 cm³/mol. The molecule has 3 heteroatoms. The molecule has 0 radical (unpaired) electrons. The second kappa shape index (κ2) is 29.0. The summed E-state index contributed by atoms with van der Waals surface area (Å²) < 4.78 is 0. The van der Waals surface area contributed by atoms with E-state index < -0.39 is 6.10 Å². The van der Waals surface area contributed by atoms with Gasteiger partial charge in [-0.15, -0.1) is 0 Å². The molecule has 3 nitrogen and oxygen atoms in total. The number of amides is 1. The molecule has 36 heavy (non-hydrogen) atoms. The molecule has 0 heterocycles. The molecule has 1 amide bonds. The zero-order valence-electron chi connectivity index (χ0n) is 25.1. The number of hydrogen-bond donors (Lipinski definition) is 2. The molecule has 2 N–H and O–H groups in total. The van der Waals surface area contributed by atoms with E-state index in [-0.39, 0.29) is 11.9 Å². The minimum absolute atomic E-state index is 0.0810. The topological polar surface area (TPSA) is 49.3 Å². The second-order valence-electron chi connectivity index (χ2n) is 11.5. The van der Waals surface area contributed by atoms with Crippen LogP contribution in [-0.4, -0.2) is 23.2 Å². The molecule has 0 aliphatic rings. The van der Waals surface area contributed by atoms with Crippen LogP contribution in [0.15, 0.2) is 0 Å².